The van der Waals surface area contributed by atoms with E-state index in [0.29, 0.717) is 19.4 Å². The van der Waals surface area contributed by atoms with Gasteiger partial charge in [-0.2, -0.15) is 0 Å². The van der Waals surface area contributed by atoms with Crippen molar-refractivity contribution in [3.63, 3.8) is 0 Å². The number of unbranched alkanes of at least 4 members (excludes halogenated alkanes) is 21. The summed E-state index contributed by atoms with van der Waals surface area (Å²) in [5.74, 6) is 0.0145. The highest BCUT2D eigenvalue weighted by atomic mass is 16.5. The van der Waals surface area contributed by atoms with E-state index in [9.17, 15) is 9.59 Å². The molecule has 0 amide bonds. The van der Waals surface area contributed by atoms with Gasteiger partial charge in [0.1, 0.15) is 6.10 Å². The summed E-state index contributed by atoms with van der Waals surface area (Å²) in [4.78, 5) is 24.3. The van der Waals surface area contributed by atoms with Gasteiger partial charge in [0.25, 0.3) is 0 Å². The minimum atomic E-state index is -0.0191. The van der Waals surface area contributed by atoms with E-state index < -0.39 is 0 Å². The third kappa shape index (κ3) is 33.8. The average molecular weight is 624 g/mol. The highest BCUT2D eigenvalue weighted by molar-refractivity contribution is 5.69. The molecular weight excluding hydrogens is 546 g/mol. The molecule has 0 fully saturated rings. The van der Waals surface area contributed by atoms with Crippen LogP contribution in [0.4, 0.5) is 0 Å². The first-order chi connectivity index (χ1) is 21.6. The molecule has 44 heavy (non-hydrogen) atoms. The second-order valence-electron chi connectivity index (χ2n) is 13.3. The van der Waals surface area contributed by atoms with E-state index in [0.717, 1.165) is 64.5 Å². The van der Waals surface area contributed by atoms with Gasteiger partial charge in [-0.1, -0.05) is 143 Å². The van der Waals surface area contributed by atoms with E-state index >= 15 is 0 Å². The van der Waals surface area contributed by atoms with E-state index in [2.05, 4.69) is 26.1 Å². The van der Waals surface area contributed by atoms with Crippen LogP contribution in [0, 0.1) is 0 Å². The van der Waals surface area contributed by atoms with Crippen LogP contribution in [0.5, 0.6) is 0 Å². The van der Waals surface area contributed by atoms with Crippen molar-refractivity contribution in [3.8, 4) is 0 Å². The minimum Gasteiger partial charge on any atom is -0.466 e. The van der Waals surface area contributed by atoms with Crippen molar-refractivity contribution < 1.29 is 19.1 Å². The third-order valence-electron chi connectivity index (χ3n) is 8.79. The van der Waals surface area contributed by atoms with E-state index in [1.807, 2.05) is 0 Å². The van der Waals surface area contributed by atoms with Crippen molar-refractivity contribution in [1.82, 2.24) is 5.32 Å². The summed E-state index contributed by atoms with van der Waals surface area (Å²) in [5, 5.41) is 3.58. The first-order valence-electron chi connectivity index (χ1n) is 19.7. The van der Waals surface area contributed by atoms with Gasteiger partial charge in [-0.05, 0) is 70.9 Å². The Bertz CT molecular complexity index is 581. The fourth-order valence-corrected chi connectivity index (χ4v) is 5.82. The number of esters is 2. The topological polar surface area (TPSA) is 64.6 Å². The van der Waals surface area contributed by atoms with Gasteiger partial charge in [0.2, 0.25) is 0 Å². The second-order valence-corrected chi connectivity index (χ2v) is 13.3. The van der Waals surface area contributed by atoms with E-state index in [1.165, 1.54) is 128 Å². The number of rotatable bonds is 36. The molecule has 0 atom stereocenters. The Morgan fingerprint density at radius 3 is 1.34 bits per heavy atom. The summed E-state index contributed by atoms with van der Waals surface area (Å²) >= 11 is 0. The van der Waals surface area contributed by atoms with Crippen molar-refractivity contribution in [2.24, 2.45) is 0 Å². The van der Waals surface area contributed by atoms with Crippen molar-refractivity contribution in [1.29, 1.82) is 0 Å². The zero-order valence-electron chi connectivity index (χ0n) is 30.0. The molecule has 0 aromatic carbocycles. The van der Waals surface area contributed by atoms with Gasteiger partial charge in [0.05, 0.1) is 6.61 Å². The molecule has 0 aliphatic rings. The molecule has 0 rings (SSSR count). The third-order valence-corrected chi connectivity index (χ3v) is 8.79. The molecule has 0 aromatic heterocycles. The van der Waals surface area contributed by atoms with Crippen molar-refractivity contribution >= 4 is 11.9 Å². The standard InChI is InChI=1S/C39H77NO4/c1-4-7-10-13-17-23-30-37(31-24-18-14-11-8-5-2)44-39(42)33-26-20-16-22-28-35-40-34-27-21-15-19-25-32-38(41)43-36-29-12-9-6-3/h37,40H,4-36H2,1-3H3. The maximum atomic E-state index is 12.6. The summed E-state index contributed by atoms with van der Waals surface area (Å²) in [5.41, 5.74) is 0. The lowest BCUT2D eigenvalue weighted by molar-refractivity contribution is -0.150. The predicted octanol–water partition coefficient (Wildman–Crippen LogP) is 11.8. The highest BCUT2D eigenvalue weighted by Crippen LogP contribution is 2.18. The first kappa shape index (κ1) is 42.9. The van der Waals surface area contributed by atoms with Gasteiger partial charge in [-0.15, -0.1) is 0 Å². The van der Waals surface area contributed by atoms with Gasteiger partial charge in [0.15, 0.2) is 0 Å². The Balaban J connectivity index is 3.68. The predicted molar refractivity (Wildman–Crippen MR) is 189 cm³/mol. The number of carbonyl (C=O) groups excluding carboxylic acids is 2. The number of carbonyl (C=O) groups is 2. The lowest BCUT2D eigenvalue weighted by atomic mass is 10.0. The van der Waals surface area contributed by atoms with Gasteiger partial charge in [-0.3, -0.25) is 9.59 Å². The molecule has 0 aliphatic heterocycles. The van der Waals surface area contributed by atoms with Crippen molar-refractivity contribution in [2.75, 3.05) is 19.7 Å². The Morgan fingerprint density at radius 1 is 0.455 bits per heavy atom. The smallest absolute Gasteiger partial charge is 0.306 e. The number of hydrogen-bond acceptors (Lipinski definition) is 5. The Morgan fingerprint density at radius 2 is 0.841 bits per heavy atom. The molecule has 262 valence electrons. The Labute approximate surface area is 275 Å². The van der Waals surface area contributed by atoms with Crippen LogP contribution in [0.2, 0.25) is 0 Å². The zero-order chi connectivity index (χ0) is 32.2. The number of nitrogens with one attached hydrogen (secondary N) is 1. The van der Waals surface area contributed by atoms with Crippen LogP contribution in [0.15, 0.2) is 0 Å². The molecule has 0 unspecified atom stereocenters. The van der Waals surface area contributed by atoms with Crippen LogP contribution in [0.1, 0.15) is 213 Å². The number of hydrogen-bond donors (Lipinski definition) is 1. The van der Waals surface area contributed by atoms with Gasteiger partial charge >= 0.3 is 11.9 Å². The summed E-state index contributed by atoms with van der Waals surface area (Å²) in [6.07, 6.45) is 35.0. The lowest BCUT2D eigenvalue weighted by Gasteiger charge is -2.18. The summed E-state index contributed by atoms with van der Waals surface area (Å²) in [6, 6.07) is 0. The highest BCUT2D eigenvalue weighted by Gasteiger charge is 2.14. The van der Waals surface area contributed by atoms with Crippen LogP contribution in [0.3, 0.4) is 0 Å². The van der Waals surface area contributed by atoms with Crippen LogP contribution >= 0.6 is 0 Å². The van der Waals surface area contributed by atoms with Crippen LogP contribution in [-0.4, -0.2) is 37.7 Å². The molecule has 5 heteroatoms. The van der Waals surface area contributed by atoms with Crippen LogP contribution in [0.25, 0.3) is 0 Å². The second kappa shape index (κ2) is 36.4. The van der Waals surface area contributed by atoms with Crippen molar-refractivity contribution in [2.45, 2.75) is 219 Å². The van der Waals surface area contributed by atoms with Crippen molar-refractivity contribution in [3.05, 3.63) is 0 Å². The number of ether oxygens (including phenoxy) is 2. The molecule has 0 heterocycles. The molecule has 0 bridgehead atoms. The first-order valence-corrected chi connectivity index (χ1v) is 19.7. The van der Waals surface area contributed by atoms with Gasteiger partial charge < -0.3 is 14.8 Å². The maximum absolute atomic E-state index is 12.6. The molecule has 0 aromatic rings. The normalized spacial score (nSPS) is 11.4. The summed E-state index contributed by atoms with van der Waals surface area (Å²) < 4.78 is 11.3. The molecule has 1 N–H and O–H groups in total. The maximum Gasteiger partial charge on any atom is 0.306 e. The fourth-order valence-electron chi connectivity index (χ4n) is 5.82. The quantitative estimate of drug-likeness (QED) is 0.0555. The molecule has 0 spiro atoms. The SMILES string of the molecule is CCCCCCCCC(CCCCCCCC)OC(=O)CCCCCCCNCCCCCCCC(=O)OCCCCCC. The molecule has 0 radical (unpaired) electrons. The molecule has 0 aliphatic carbocycles. The monoisotopic (exact) mass is 624 g/mol. The lowest BCUT2D eigenvalue weighted by Crippen LogP contribution is -2.18. The molecule has 5 nitrogen and oxygen atoms in total. The summed E-state index contributed by atoms with van der Waals surface area (Å²) in [6.45, 7) is 9.49. The van der Waals surface area contributed by atoms with E-state index in [-0.39, 0.29) is 18.0 Å². The zero-order valence-corrected chi connectivity index (χ0v) is 30.0. The molecular formula is C39H77NO4. The minimum absolute atomic E-state index is 0.0191. The van der Waals surface area contributed by atoms with Crippen LogP contribution < -0.4 is 5.32 Å². The van der Waals surface area contributed by atoms with Gasteiger partial charge in [-0.25, -0.2) is 0 Å². The van der Waals surface area contributed by atoms with Crippen LogP contribution in [-0.2, 0) is 19.1 Å². The fraction of sp³-hybridized carbons (Fsp3) is 0.949. The Kier molecular flexibility index (Phi) is 35.5. The largest absolute Gasteiger partial charge is 0.466 e. The molecule has 0 saturated carbocycles. The summed E-state index contributed by atoms with van der Waals surface area (Å²) in [7, 11) is 0. The Hall–Kier alpha value is -1.10. The van der Waals surface area contributed by atoms with E-state index in [1.54, 1.807) is 0 Å². The molecule has 0 saturated heterocycles. The average Bonchev–Trinajstić information content (AvgIpc) is 3.02. The van der Waals surface area contributed by atoms with Gasteiger partial charge in [0, 0.05) is 12.8 Å². The van der Waals surface area contributed by atoms with E-state index in [4.69, 9.17) is 9.47 Å².